The summed E-state index contributed by atoms with van der Waals surface area (Å²) < 4.78 is 0. The molecule has 2 atom stereocenters. The summed E-state index contributed by atoms with van der Waals surface area (Å²) in [4.78, 5) is 11.1. The van der Waals surface area contributed by atoms with Gasteiger partial charge < -0.3 is 10.4 Å². The van der Waals surface area contributed by atoms with E-state index in [1.807, 2.05) is 6.07 Å². The summed E-state index contributed by atoms with van der Waals surface area (Å²) in [6.07, 6.45) is 2.64. The highest BCUT2D eigenvalue weighted by Gasteiger charge is 2.32. The van der Waals surface area contributed by atoms with Crippen LogP contribution in [0.25, 0.3) is 0 Å². The van der Waals surface area contributed by atoms with Gasteiger partial charge in [0.1, 0.15) is 0 Å². The van der Waals surface area contributed by atoms with E-state index in [1.165, 1.54) is 0 Å². The van der Waals surface area contributed by atoms with Crippen molar-refractivity contribution in [3.8, 4) is 6.07 Å². The first kappa shape index (κ1) is 13.7. The maximum Gasteiger partial charge on any atom is 0.306 e. The highest BCUT2D eigenvalue weighted by Crippen LogP contribution is 2.32. The van der Waals surface area contributed by atoms with E-state index in [0.717, 1.165) is 24.9 Å². The van der Waals surface area contributed by atoms with Gasteiger partial charge in [-0.2, -0.15) is 5.26 Å². The molecule has 100 valence electrons. The number of rotatable bonds is 4. The third-order valence-corrected chi connectivity index (χ3v) is 3.94. The summed E-state index contributed by atoms with van der Waals surface area (Å²) in [5.74, 6) is -0.830. The quantitative estimate of drug-likeness (QED) is 0.887. The number of nitrogens with one attached hydrogen (secondary N) is 1. The number of anilines is 1. The Morgan fingerprint density at radius 2 is 2.32 bits per heavy atom. The van der Waals surface area contributed by atoms with Gasteiger partial charge in [0.15, 0.2) is 0 Å². The highest BCUT2D eigenvalue weighted by molar-refractivity contribution is 6.33. The predicted molar refractivity (Wildman–Crippen MR) is 73.1 cm³/mol. The first-order valence-corrected chi connectivity index (χ1v) is 6.66. The number of nitriles is 1. The first-order chi connectivity index (χ1) is 9.11. The Morgan fingerprint density at radius 3 is 2.95 bits per heavy atom. The van der Waals surface area contributed by atoms with Gasteiger partial charge in [-0.1, -0.05) is 18.0 Å². The van der Waals surface area contributed by atoms with E-state index in [1.54, 1.807) is 18.2 Å². The van der Waals surface area contributed by atoms with Crippen LogP contribution in [-0.4, -0.2) is 17.6 Å². The van der Waals surface area contributed by atoms with Crippen LogP contribution in [-0.2, 0) is 4.79 Å². The van der Waals surface area contributed by atoms with Crippen molar-refractivity contribution in [2.75, 3.05) is 11.9 Å². The van der Waals surface area contributed by atoms with E-state index in [9.17, 15) is 4.79 Å². The molecule has 19 heavy (non-hydrogen) atoms. The summed E-state index contributed by atoms with van der Waals surface area (Å²) in [5, 5.41) is 21.5. The summed E-state index contributed by atoms with van der Waals surface area (Å²) in [5.41, 5.74) is 1.26. The maximum absolute atomic E-state index is 11.1. The largest absolute Gasteiger partial charge is 0.481 e. The Bertz CT molecular complexity index is 525. The van der Waals surface area contributed by atoms with Crippen LogP contribution in [0.15, 0.2) is 18.2 Å². The molecule has 0 aliphatic heterocycles. The number of carboxylic acids is 1. The molecule has 1 aromatic rings. The molecule has 0 amide bonds. The molecule has 1 fully saturated rings. The van der Waals surface area contributed by atoms with Crippen LogP contribution < -0.4 is 5.32 Å². The molecule has 2 unspecified atom stereocenters. The molecule has 1 saturated carbocycles. The van der Waals surface area contributed by atoms with Gasteiger partial charge in [-0.15, -0.1) is 0 Å². The van der Waals surface area contributed by atoms with Gasteiger partial charge in [0, 0.05) is 6.54 Å². The molecular weight excluding hydrogens is 264 g/mol. The lowest BCUT2D eigenvalue weighted by Gasteiger charge is -2.17. The number of carboxylic acid groups (broad SMARTS) is 1. The monoisotopic (exact) mass is 278 g/mol. The third kappa shape index (κ3) is 3.18. The van der Waals surface area contributed by atoms with Crippen LogP contribution in [0.5, 0.6) is 0 Å². The average molecular weight is 279 g/mol. The number of nitrogens with zero attached hydrogens (tertiary/aromatic N) is 1. The fourth-order valence-corrected chi connectivity index (χ4v) is 2.82. The normalized spacial score (nSPS) is 21.9. The second kappa shape index (κ2) is 5.94. The molecule has 2 N–H and O–H groups in total. The van der Waals surface area contributed by atoms with Crippen LogP contribution in [0.1, 0.15) is 24.8 Å². The zero-order valence-electron chi connectivity index (χ0n) is 10.4. The van der Waals surface area contributed by atoms with E-state index in [0.29, 0.717) is 17.1 Å². The molecule has 1 aromatic carbocycles. The summed E-state index contributed by atoms with van der Waals surface area (Å²) >= 11 is 6.06. The molecule has 1 aliphatic rings. The zero-order valence-corrected chi connectivity index (χ0v) is 11.2. The molecule has 0 heterocycles. The van der Waals surface area contributed by atoms with Gasteiger partial charge in [0.2, 0.25) is 0 Å². The molecule has 0 spiro atoms. The van der Waals surface area contributed by atoms with Gasteiger partial charge in [-0.05, 0) is 37.0 Å². The van der Waals surface area contributed by atoms with Gasteiger partial charge in [-0.25, -0.2) is 0 Å². The molecule has 1 aliphatic carbocycles. The van der Waals surface area contributed by atoms with Crippen molar-refractivity contribution in [2.45, 2.75) is 19.3 Å². The topological polar surface area (TPSA) is 73.1 Å². The highest BCUT2D eigenvalue weighted by atomic mass is 35.5. The summed E-state index contributed by atoms with van der Waals surface area (Å²) in [7, 11) is 0. The Labute approximate surface area is 117 Å². The molecule has 0 bridgehead atoms. The number of carbonyl (C=O) groups is 1. The van der Waals surface area contributed by atoms with Crippen molar-refractivity contribution in [3.63, 3.8) is 0 Å². The standard InChI is InChI=1S/C14H15ClN2O2/c15-12-6-9(7-16)4-5-13(12)17-8-10-2-1-3-11(10)14(18)19/h4-6,10-11,17H,1-3,8H2,(H,18,19). The minimum absolute atomic E-state index is 0.143. The number of benzene rings is 1. The van der Waals surface area contributed by atoms with Crippen molar-refractivity contribution < 1.29 is 9.90 Å². The average Bonchev–Trinajstić information content (AvgIpc) is 2.85. The minimum Gasteiger partial charge on any atom is -0.481 e. The maximum atomic E-state index is 11.1. The zero-order chi connectivity index (χ0) is 13.8. The van der Waals surface area contributed by atoms with E-state index >= 15 is 0 Å². The van der Waals surface area contributed by atoms with Crippen LogP contribution in [0.2, 0.25) is 5.02 Å². The number of halogens is 1. The van der Waals surface area contributed by atoms with Crippen molar-refractivity contribution in [2.24, 2.45) is 11.8 Å². The van der Waals surface area contributed by atoms with Crippen molar-refractivity contribution in [1.82, 2.24) is 0 Å². The lowest BCUT2D eigenvalue weighted by atomic mass is 9.96. The van der Waals surface area contributed by atoms with Crippen LogP contribution in [0.4, 0.5) is 5.69 Å². The Balaban J connectivity index is 1.99. The van der Waals surface area contributed by atoms with Gasteiger partial charge in [0.05, 0.1) is 28.3 Å². The lowest BCUT2D eigenvalue weighted by molar-refractivity contribution is -0.142. The third-order valence-electron chi connectivity index (χ3n) is 3.63. The van der Waals surface area contributed by atoms with Crippen molar-refractivity contribution >= 4 is 23.3 Å². The van der Waals surface area contributed by atoms with Gasteiger partial charge in [0.25, 0.3) is 0 Å². The SMILES string of the molecule is N#Cc1ccc(NCC2CCCC2C(=O)O)c(Cl)c1. The molecule has 5 heteroatoms. The number of hydrogen-bond donors (Lipinski definition) is 2. The van der Waals surface area contributed by atoms with E-state index in [4.69, 9.17) is 22.0 Å². The molecule has 2 rings (SSSR count). The molecule has 0 saturated heterocycles. The summed E-state index contributed by atoms with van der Waals surface area (Å²) in [6.45, 7) is 0.600. The van der Waals surface area contributed by atoms with E-state index < -0.39 is 5.97 Å². The smallest absolute Gasteiger partial charge is 0.306 e. The first-order valence-electron chi connectivity index (χ1n) is 6.28. The Morgan fingerprint density at radius 1 is 1.53 bits per heavy atom. The number of hydrogen-bond acceptors (Lipinski definition) is 3. The second-order valence-corrected chi connectivity index (χ2v) is 5.23. The Kier molecular flexibility index (Phi) is 4.28. The second-order valence-electron chi connectivity index (χ2n) is 4.82. The fourth-order valence-electron chi connectivity index (χ4n) is 2.58. The predicted octanol–water partition coefficient (Wildman–Crippen LogP) is 3.12. The van der Waals surface area contributed by atoms with Crippen LogP contribution in [0, 0.1) is 23.2 Å². The van der Waals surface area contributed by atoms with Crippen molar-refractivity contribution in [1.29, 1.82) is 5.26 Å². The fraction of sp³-hybridized carbons (Fsp3) is 0.429. The molecule has 0 aromatic heterocycles. The van der Waals surface area contributed by atoms with Gasteiger partial charge in [-0.3, -0.25) is 4.79 Å². The van der Waals surface area contributed by atoms with Crippen LogP contribution in [0.3, 0.4) is 0 Å². The minimum atomic E-state index is -0.713. The van der Waals surface area contributed by atoms with E-state index in [2.05, 4.69) is 5.32 Å². The molecule has 0 radical (unpaired) electrons. The number of aliphatic carboxylic acids is 1. The van der Waals surface area contributed by atoms with Crippen LogP contribution >= 0.6 is 11.6 Å². The lowest BCUT2D eigenvalue weighted by Crippen LogP contribution is -2.24. The van der Waals surface area contributed by atoms with E-state index in [-0.39, 0.29) is 11.8 Å². The van der Waals surface area contributed by atoms with Gasteiger partial charge >= 0.3 is 5.97 Å². The molecular formula is C14H15ClN2O2. The van der Waals surface area contributed by atoms with Crippen molar-refractivity contribution in [3.05, 3.63) is 28.8 Å². The molecule has 4 nitrogen and oxygen atoms in total. The Hall–Kier alpha value is -1.73. The summed E-state index contributed by atoms with van der Waals surface area (Å²) in [6, 6.07) is 7.08.